The second kappa shape index (κ2) is 16.3. The summed E-state index contributed by atoms with van der Waals surface area (Å²) in [5.74, 6) is 0.667. The maximum atomic E-state index is 7.43. The summed E-state index contributed by atoms with van der Waals surface area (Å²) in [6, 6.07) is 83.9. The van der Waals surface area contributed by atoms with Gasteiger partial charge in [0.05, 0.1) is 18.0 Å². The highest BCUT2D eigenvalue weighted by atomic mass is 14.9. The van der Waals surface area contributed by atoms with Crippen LogP contribution >= 0.6 is 0 Å². The van der Waals surface area contributed by atoms with Gasteiger partial charge in [-0.15, -0.1) is 0 Å². The molecule has 0 aliphatic heterocycles. The fourth-order valence-electron chi connectivity index (χ4n) is 9.70. The predicted molar refractivity (Wildman–Crippen MR) is 276 cm³/mol. The molecule has 306 valence electrons. The molecule has 0 aliphatic rings. The zero-order valence-corrected chi connectivity index (χ0v) is 35.9. The Morgan fingerprint density at radius 1 is 0.303 bits per heavy atom. The van der Waals surface area contributed by atoms with E-state index in [4.69, 9.17) is 16.5 Å². The Kier molecular flexibility index (Phi) is 9.55. The van der Waals surface area contributed by atoms with Gasteiger partial charge in [0.15, 0.2) is 11.5 Å². The molecule has 0 atom stereocenters. The van der Waals surface area contributed by atoms with Crippen molar-refractivity contribution in [3.8, 4) is 78.4 Å². The van der Waals surface area contributed by atoms with Gasteiger partial charge in [-0.1, -0.05) is 218 Å². The first kappa shape index (κ1) is 38.7. The fraction of sp³-hybridized carbons (Fsp3) is 0. The lowest BCUT2D eigenvalue weighted by molar-refractivity contribution is 1.18. The van der Waals surface area contributed by atoms with Gasteiger partial charge in [-0.05, 0) is 106 Å². The minimum atomic E-state index is 0.616. The summed E-state index contributed by atoms with van der Waals surface area (Å²) in [6.07, 6.45) is 0. The Hall–Kier alpha value is -8.97. The first-order chi connectivity index (χ1) is 32.7. The van der Waals surface area contributed by atoms with E-state index in [1.165, 1.54) is 65.3 Å². The molecule has 3 heteroatoms. The summed E-state index contributed by atoms with van der Waals surface area (Å²) >= 11 is 0. The van der Waals surface area contributed by atoms with E-state index in [1.807, 2.05) is 54.6 Å². The number of benzene rings is 11. The third-order valence-electron chi connectivity index (χ3n) is 12.9. The highest BCUT2D eigenvalue weighted by molar-refractivity contribution is 6.28. The molecule has 11 aromatic carbocycles. The van der Waals surface area contributed by atoms with Crippen LogP contribution in [0.15, 0.2) is 237 Å². The van der Waals surface area contributed by atoms with E-state index >= 15 is 0 Å². The number of hydrogen-bond donors (Lipinski definition) is 0. The van der Waals surface area contributed by atoms with Crippen molar-refractivity contribution in [1.29, 1.82) is 0 Å². The molecule has 0 bridgehead atoms. The molecule has 0 spiro atoms. The quantitative estimate of drug-likeness (QED) is 0.0909. The van der Waals surface area contributed by atoms with Gasteiger partial charge in [-0.2, -0.15) is 0 Å². The summed E-state index contributed by atoms with van der Waals surface area (Å²) in [7, 11) is 0. The number of aromatic nitrogens is 2. The summed E-state index contributed by atoms with van der Waals surface area (Å²) in [5.41, 5.74) is 14.6. The van der Waals surface area contributed by atoms with Gasteiger partial charge in [0.25, 0.3) is 0 Å². The van der Waals surface area contributed by atoms with Crippen LogP contribution in [-0.4, -0.2) is 9.97 Å². The Labute approximate surface area is 383 Å². The molecule has 0 unspecified atom stereocenters. The van der Waals surface area contributed by atoms with E-state index in [2.05, 4.69) is 187 Å². The molecule has 1 heterocycles. The van der Waals surface area contributed by atoms with E-state index in [0.29, 0.717) is 11.5 Å². The van der Waals surface area contributed by atoms with Crippen molar-refractivity contribution in [1.82, 2.24) is 9.97 Å². The van der Waals surface area contributed by atoms with Crippen molar-refractivity contribution >= 4 is 48.8 Å². The standard InChI is InChI=1S/C63H39N3/c1-64-51-35-32-43(33-36-51)52-19-10-11-21-54(52)59-40-58(65-63(66-59)46-17-6-3-7-18-46)44-26-24-41(25-27-44)47-28-29-49-39-50(31-30-48(49)38-47)61-56-23-13-12-22-55(56)60(45-15-4-2-5-16-45)57-37-34-42-14-8-9-20-53(42)62(57)61/h2-40H. The van der Waals surface area contributed by atoms with Crippen molar-refractivity contribution in [2.75, 3.05) is 0 Å². The van der Waals surface area contributed by atoms with Crippen molar-refractivity contribution in [3.63, 3.8) is 0 Å². The lowest BCUT2D eigenvalue weighted by Crippen LogP contribution is -1.97. The topological polar surface area (TPSA) is 30.1 Å². The molecule has 66 heavy (non-hydrogen) atoms. The Morgan fingerprint density at radius 2 is 0.833 bits per heavy atom. The Morgan fingerprint density at radius 3 is 1.56 bits per heavy atom. The summed E-state index contributed by atoms with van der Waals surface area (Å²) in [6.45, 7) is 7.43. The monoisotopic (exact) mass is 837 g/mol. The van der Waals surface area contributed by atoms with Gasteiger partial charge in [0.1, 0.15) is 0 Å². The molecule has 12 rings (SSSR count). The average Bonchev–Trinajstić information content (AvgIpc) is 3.40. The van der Waals surface area contributed by atoms with Gasteiger partial charge in [-0.3, -0.25) is 0 Å². The predicted octanol–water partition coefficient (Wildman–Crippen LogP) is 17.3. The lowest BCUT2D eigenvalue weighted by atomic mass is 9.83. The molecule has 1 aromatic heterocycles. The molecule has 0 amide bonds. The van der Waals surface area contributed by atoms with E-state index in [0.717, 1.165) is 50.3 Å². The van der Waals surface area contributed by atoms with E-state index in [-0.39, 0.29) is 0 Å². The second-order valence-corrected chi connectivity index (χ2v) is 16.8. The summed E-state index contributed by atoms with van der Waals surface area (Å²) < 4.78 is 0. The maximum Gasteiger partial charge on any atom is 0.187 e. The molecule has 0 aliphatic carbocycles. The van der Waals surface area contributed by atoms with Crippen LogP contribution in [0.4, 0.5) is 5.69 Å². The van der Waals surface area contributed by atoms with Crippen LogP contribution < -0.4 is 0 Å². The number of nitrogens with zero attached hydrogens (tertiary/aromatic N) is 3. The highest BCUT2D eigenvalue weighted by Gasteiger charge is 2.19. The van der Waals surface area contributed by atoms with Crippen LogP contribution in [0.3, 0.4) is 0 Å². The largest absolute Gasteiger partial charge is 0.238 e. The van der Waals surface area contributed by atoms with E-state index < -0.39 is 0 Å². The molecule has 0 saturated carbocycles. The highest BCUT2D eigenvalue weighted by Crippen LogP contribution is 2.47. The SMILES string of the molecule is [C-]#[N+]c1ccc(-c2ccccc2-c2cc(-c3ccc(-c4ccc5cc(-c6c7ccccc7c(-c7ccccc7)c7ccc8ccccc8c67)ccc5c4)cc3)nc(-c3ccccc3)n2)cc1. The summed E-state index contributed by atoms with van der Waals surface area (Å²) in [4.78, 5) is 13.9. The van der Waals surface area contributed by atoms with Crippen molar-refractivity contribution in [3.05, 3.63) is 248 Å². The second-order valence-electron chi connectivity index (χ2n) is 16.8. The van der Waals surface area contributed by atoms with Gasteiger partial charge >= 0.3 is 0 Å². The fourth-order valence-corrected chi connectivity index (χ4v) is 9.70. The average molecular weight is 838 g/mol. The van der Waals surface area contributed by atoms with Crippen LogP contribution in [0.2, 0.25) is 0 Å². The molecule has 0 saturated heterocycles. The van der Waals surface area contributed by atoms with Crippen LogP contribution in [-0.2, 0) is 0 Å². The number of fused-ring (bicyclic) bond motifs is 5. The van der Waals surface area contributed by atoms with Crippen LogP contribution in [0.25, 0.3) is 126 Å². The molecular formula is C63H39N3. The smallest absolute Gasteiger partial charge is 0.187 e. The third kappa shape index (κ3) is 6.86. The zero-order valence-electron chi connectivity index (χ0n) is 35.9. The molecule has 0 radical (unpaired) electrons. The molecule has 0 fully saturated rings. The molecule has 12 aromatic rings. The Bertz CT molecular complexity index is 3850. The van der Waals surface area contributed by atoms with Crippen molar-refractivity contribution in [2.45, 2.75) is 0 Å². The van der Waals surface area contributed by atoms with Crippen molar-refractivity contribution in [2.24, 2.45) is 0 Å². The van der Waals surface area contributed by atoms with Gasteiger partial charge < -0.3 is 0 Å². The van der Waals surface area contributed by atoms with E-state index in [1.54, 1.807) is 0 Å². The van der Waals surface area contributed by atoms with Gasteiger partial charge in [0, 0.05) is 16.7 Å². The molecular weight excluding hydrogens is 799 g/mol. The van der Waals surface area contributed by atoms with Crippen LogP contribution in [0, 0.1) is 6.57 Å². The minimum Gasteiger partial charge on any atom is -0.238 e. The molecule has 0 N–H and O–H groups in total. The lowest BCUT2D eigenvalue weighted by Gasteiger charge is -2.19. The molecule has 3 nitrogen and oxygen atoms in total. The van der Waals surface area contributed by atoms with Crippen LogP contribution in [0.5, 0.6) is 0 Å². The first-order valence-corrected chi connectivity index (χ1v) is 22.3. The van der Waals surface area contributed by atoms with Gasteiger partial charge in [-0.25, -0.2) is 14.8 Å². The number of rotatable bonds is 7. The first-order valence-electron chi connectivity index (χ1n) is 22.3. The van der Waals surface area contributed by atoms with Gasteiger partial charge in [0.2, 0.25) is 0 Å². The van der Waals surface area contributed by atoms with Crippen LogP contribution in [0.1, 0.15) is 0 Å². The van der Waals surface area contributed by atoms with Crippen molar-refractivity contribution < 1.29 is 0 Å². The number of hydrogen-bond acceptors (Lipinski definition) is 2. The third-order valence-corrected chi connectivity index (χ3v) is 12.9. The summed E-state index contributed by atoms with van der Waals surface area (Å²) in [5, 5.41) is 9.93. The normalized spacial score (nSPS) is 11.3. The zero-order chi connectivity index (χ0) is 44.0. The minimum absolute atomic E-state index is 0.616. The Balaban J connectivity index is 0.931. The maximum absolute atomic E-state index is 7.43. The van der Waals surface area contributed by atoms with E-state index in [9.17, 15) is 0 Å².